The van der Waals surface area contributed by atoms with Crippen LogP contribution in [0.15, 0.2) is 54.7 Å². The number of fused-ring (bicyclic) bond motifs is 1. The second-order valence-electron chi connectivity index (χ2n) is 9.12. The number of anilines is 1. The summed E-state index contributed by atoms with van der Waals surface area (Å²) < 4.78 is 13.0. The molecule has 1 heterocycles. The van der Waals surface area contributed by atoms with Crippen LogP contribution in [0.1, 0.15) is 44.1 Å². The van der Waals surface area contributed by atoms with E-state index in [0.29, 0.717) is 25.4 Å². The fourth-order valence-corrected chi connectivity index (χ4v) is 4.77. The van der Waals surface area contributed by atoms with Crippen molar-refractivity contribution in [2.75, 3.05) is 18.4 Å². The molecule has 1 aliphatic carbocycles. The summed E-state index contributed by atoms with van der Waals surface area (Å²) in [4.78, 5) is 29.1. The van der Waals surface area contributed by atoms with E-state index in [1.54, 1.807) is 12.1 Å². The quantitative estimate of drug-likeness (QED) is 0.333. The van der Waals surface area contributed by atoms with Crippen molar-refractivity contribution in [2.24, 2.45) is 5.92 Å². The Labute approximate surface area is 199 Å². The summed E-state index contributed by atoms with van der Waals surface area (Å²) in [7, 11) is 0. The van der Waals surface area contributed by atoms with E-state index in [1.165, 1.54) is 31.4 Å². The monoisotopic (exact) mass is 464 g/mol. The van der Waals surface area contributed by atoms with E-state index in [2.05, 4.69) is 20.9 Å². The van der Waals surface area contributed by atoms with E-state index in [4.69, 9.17) is 0 Å². The predicted octanol–water partition coefficient (Wildman–Crippen LogP) is 4.53. The minimum absolute atomic E-state index is 0.148. The minimum atomic E-state index is -0.549. The van der Waals surface area contributed by atoms with Gasteiger partial charge in [0, 0.05) is 35.9 Å². The van der Waals surface area contributed by atoms with E-state index in [-0.39, 0.29) is 24.1 Å². The first-order valence-electron chi connectivity index (χ1n) is 12.2. The summed E-state index contributed by atoms with van der Waals surface area (Å²) in [6.45, 7) is 0.923. The van der Waals surface area contributed by atoms with Crippen LogP contribution in [0.2, 0.25) is 0 Å². The average molecular weight is 465 g/mol. The molecule has 1 saturated carbocycles. The number of aromatic amines is 1. The van der Waals surface area contributed by atoms with E-state index in [0.717, 1.165) is 35.0 Å². The number of H-pyrrole nitrogens is 1. The van der Waals surface area contributed by atoms with Crippen molar-refractivity contribution in [1.82, 2.24) is 15.6 Å². The van der Waals surface area contributed by atoms with Crippen molar-refractivity contribution in [3.8, 4) is 0 Å². The standard InChI is InChI=1S/C27H33FN4O2/c28-21-10-12-22(13-11-21)29-14-15-30-27(34)25(16-19-6-2-1-3-7-19)32-26(33)17-20-18-31-24-9-5-4-8-23(20)24/h4-5,8-13,18-19,25,29,31H,1-3,6-7,14-17H2,(H,30,34)(H,32,33). The molecule has 0 radical (unpaired) electrons. The Morgan fingerprint density at radius 3 is 2.56 bits per heavy atom. The number of hydrogen-bond donors (Lipinski definition) is 4. The summed E-state index contributed by atoms with van der Waals surface area (Å²) in [6.07, 6.45) is 8.58. The Balaban J connectivity index is 1.33. The maximum atomic E-state index is 13.0. The Bertz CT molecular complexity index is 1090. The zero-order valence-electron chi connectivity index (χ0n) is 19.4. The Morgan fingerprint density at radius 1 is 1.00 bits per heavy atom. The molecule has 3 aromatic rings. The summed E-state index contributed by atoms with van der Waals surface area (Å²) in [5.41, 5.74) is 2.71. The van der Waals surface area contributed by atoms with Crippen molar-refractivity contribution in [2.45, 2.75) is 51.0 Å². The molecule has 6 nitrogen and oxygen atoms in total. The third-order valence-electron chi connectivity index (χ3n) is 6.57. The van der Waals surface area contributed by atoms with Gasteiger partial charge < -0.3 is 20.9 Å². The number of nitrogens with one attached hydrogen (secondary N) is 4. The van der Waals surface area contributed by atoms with Crippen molar-refractivity contribution in [1.29, 1.82) is 0 Å². The fraction of sp³-hybridized carbons (Fsp3) is 0.407. The molecule has 180 valence electrons. The van der Waals surface area contributed by atoms with Crippen LogP contribution < -0.4 is 16.0 Å². The van der Waals surface area contributed by atoms with E-state index in [1.807, 2.05) is 30.5 Å². The molecule has 1 fully saturated rings. The van der Waals surface area contributed by atoms with E-state index in [9.17, 15) is 14.0 Å². The van der Waals surface area contributed by atoms with Gasteiger partial charge in [-0.05, 0) is 48.2 Å². The first-order valence-corrected chi connectivity index (χ1v) is 12.2. The highest BCUT2D eigenvalue weighted by molar-refractivity contribution is 5.91. The molecule has 4 N–H and O–H groups in total. The van der Waals surface area contributed by atoms with Crippen molar-refractivity contribution in [3.63, 3.8) is 0 Å². The number of halogens is 1. The second kappa shape index (κ2) is 11.7. The Hall–Kier alpha value is -3.35. The average Bonchev–Trinajstić information content (AvgIpc) is 3.25. The Morgan fingerprint density at radius 2 is 1.76 bits per heavy atom. The first kappa shape index (κ1) is 23.8. The summed E-state index contributed by atoms with van der Waals surface area (Å²) >= 11 is 0. The van der Waals surface area contributed by atoms with Gasteiger partial charge in [0.05, 0.1) is 6.42 Å². The molecule has 2 aromatic carbocycles. The van der Waals surface area contributed by atoms with Gasteiger partial charge in [-0.3, -0.25) is 9.59 Å². The van der Waals surface area contributed by atoms with Gasteiger partial charge in [0.1, 0.15) is 11.9 Å². The molecule has 1 atom stereocenters. The van der Waals surface area contributed by atoms with Gasteiger partial charge in [-0.25, -0.2) is 4.39 Å². The number of aromatic nitrogens is 1. The largest absolute Gasteiger partial charge is 0.383 e. The fourth-order valence-electron chi connectivity index (χ4n) is 4.77. The van der Waals surface area contributed by atoms with Crippen LogP contribution in [0.3, 0.4) is 0 Å². The number of rotatable bonds is 10. The lowest BCUT2D eigenvalue weighted by molar-refractivity contribution is -0.129. The SMILES string of the molecule is O=C(Cc1c[nH]c2ccccc12)NC(CC1CCCCC1)C(=O)NCCNc1ccc(F)cc1. The first-order chi connectivity index (χ1) is 16.6. The van der Waals surface area contributed by atoms with Gasteiger partial charge >= 0.3 is 0 Å². The normalized spacial score (nSPS) is 15.1. The molecular formula is C27H33FN4O2. The lowest BCUT2D eigenvalue weighted by Gasteiger charge is -2.26. The molecule has 4 rings (SSSR count). The Kier molecular flexibility index (Phi) is 8.17. The zero-order valence-corrected chi connectivity index (χ0v) is 19.4. The number of hydrogen-bond acceptors (Lipinski definition) is 3. The third kappa shape index (κ3) is 6.59. The van der Waals surface area contributed by atoms with Crippen LogP contribution in [0.4, 0.5) is 10.1 Å². The number of carbonyl (C=O) groups is 2. The molecule has 34 heavy (non-hydrogen) atoms. The summed E-state index contributed by atoms with van der Waals surface area (Å²) in [5, 5.41) is 10.1. The molecule has 1 unspecified atom stereocenters. The maximum Gasteiger partial charge on any atom is 0.242 e. The lowest BCUT2D eigenvalue weighted by Crippen LogP contribution is -2.49. The highest BCUT2D eigenvalue weighted by Crippen LogP contribution is 2.27. The lowest BCUT2D eigenvalue weighted by atomic mass is 9.84. The van der Waals surface area contributed by atoms with Gasteiger partial charge in [-0.1, -0.05) is 50.3 Å². The molecule has 2 amide bonds. The molecule has 1 aliphatic rings. The molecule has 0 aliphatic heterocycles. The minimum Gasteiger partial charge on any atom is -0.383 e. The van der Waals surface area contributed by atoms with Gasteiger partial charge in [-0.2, -0.15) is 0 Å². The summed E-state index contributed by atoms with van der Waals surface area (Å²) in [5.74, 6) is -0.132. The van der Waals surface area contributed by atoms with Crippen LogP contribution in [-0.4, -0.2) is 35.9 Å². The molecular weight excluding hydrogens is 431 g/mol. The van der Waals surface area contributed by atoms with Crippen LogP contribution in [0.25, 0.3) is 10.9 Å². The molecule has 1 aromatic heterocycles. The van der Waals surface area contributed by atoms with Crippen LogP contribution in [0.5, 0.6) is 0 Å². The molecule has 7 heteroatoms. The van der Waals surface area contributed by atoms with Gasteiger partial charge in [-0.15, -0.1) is 0 Å². The number of amides is 2. The highest BCUT2D eigenvalue weighted by Gasteiger charge is 2.26. The van der Waals surface area contributed by atoms with Crippen molar-refractivity contribution >= 4 is 28.4 Å². The number of benzene rings is 2. The number of carbonyl (C=O) groups excluding carboxylic acids is 2. The van der Waals surface area contributed by atoms with Crippen molar-refractivity contribution in [3.05, 3.63) is 66.1 Å². The van der Waals surface area contributed by atoms with Gasteiger partial charge in [0.2, 0.25) is 11.8 Å². The molecule has 0 bridgehead atoms. The zero-order chi connectivity index (χ0) is 23.8. The summed E-state index contributed by atoms with van der Waals surface area (Å²) in [6, 6.07) is 13.4. The molecule has 0 spiro atoms. The van der Waals surface area contributed by atoms with E-state index >= 15 is 0 Å². The topological polar surface area (TPSA) is 86.0 Å². The molecule has 0 saturated heterocycles. The van der Waals surface area contributed by atoms with Crippen LogP contribution >= 0.6 is 0 Å². The van der Waals surface area contributed by atoms with E-state index < -0.39 is 6.04 Å². The highest BCUT2D eigenvalue weighted by atomic mass is 19.1. The van der Waals surface area contributed by atoms with Crippen LogP contribution in [0, 0.1) is 11.7 Å². The smallest absolute Gasteiger partial charge is 0.242 e. The predicted molar refractivity (Wildman–Crippen MR) is 133 cm³/mol. The number of para-hydroxylation sites is 1. The van der Waals surface area contributed by atoms with Crippen molar-refractivity contribution < 1.29 is 14.0 Å². The second-order valence-corrected chi connectivity index (χ2v) is 9.12. The maximum absolute atomic E-state index is 13.0. The van der Waals surface area contributed by atoms with Gasteiger partial charge in [0.25, 0.3) is 0 Å². The third-order valence-corrected chi connectivity index (χ3v) is 6.57. The van der Waals surface area contributed by atoms with Crippen LogP contribution in [-0.2, 0) is 16.0 Å². The van der Waals surface area contributed by atoms with Gasteiger partial charge in [0.15, 0.2) is 0 Å².